The first-order valence-electron chi connectivity index (χ1n) is 8.12. The number of hydrogen-bond donors (Lipinski definition) is 0. The predicted molar refractivity (Wildman–Crippen MR) is 95.7 cm³/mol. The van der Waals surface area contributed by atoms with Crippen LogP contribution in [0.4, 0.5) is 0 Å². The maximum absolute atomic E-state index is 5.78. The average molecular weight is 311 g/mol. The maximum Gasteiger partial charge on any atom is 0.149 e. The van der Waals surface area contributed by atoms with E-state index in [0.29, 0.717) is 0 Å². The van der Waals surface area contributed by atoms with Crippen molar-refractivity contribution >= 4 is 11.0 Å². The van der Waals surface area contributed by atoms with E-state index in [1.54, 1.807) is 6.26 Å². The van der Waals surface area contributed by atoms with Crippen molar-refractivity contribution < 1.29 is 9.15 Å². The second-order valence-electron chi connectivity index (χ2n) is 5.21. The summed E-state index contributed by atoms with van der Waals surface area (Å²) in [6.07, 6.45) is 1.84. The molecule has 122 valence electrons. The fourth-order valence-corrected chi connectivity index (χ4v) is 2.41. The molecule has 0 saturated carbocycles. The molecule has 0 radical (unpaired) electrons. The Bertz CT molecular complexity index is 644. The fourth-order valence-electron chi connectivity index (χ4n) is 2.41. The van der Waals surface area contributed by atoms with E-state index in [0.717, 1.165) is 29.8 Å². The molecule has 3 nitrogen and oxygen atoms in total. The van der Waals surface area contributed by atoms with Crippen molar-refractivity contribution in [2.24, 2.45) is 0 Å². The van der Waals surface area contributed by atoms with Crippen LogP contribution in [0.15, 0.2) is 71.3 Å². The molecule has 0 fully saturated rings. The van der Waals surface area contributed by atoms with Crippen LogP contribution in [0.25, 0.3) is 11.0 Å². The van der Waals surface area contributed by atoms with Crippen LogP contribution in [-0.4, -0.2) is 24.2 Å². The smallest absolute Gasteiger partial charge is 0.149 e. The van der Waals surface area contributed by atoms with Crippen molar-refractivity contribution in [3.8, 4) is 5.75 Å². The van der Waals surface area contributed by atoms with Crippen LogP contribution in [-0.2, 0) is 0 Å². The summed E-state index contributed by atoms with van der Waals surface area (Å²) in [4.78, 5) is 2.27. The number of benzene rings is 2. The summed E-state index contributed by atoms with van der Waals surface area (Å²) in [5, 5.41) is 1.16. The average Bonchev–Trinajstić information content (AvgIpc) is 3.06. The minimum absolute atomic E-state index is 0.146. The van der Waals surface area contributed by atoms with Crippen molar-refractivity contribution in [1.29, 1.82) is 0 Å². The van der Waals surface area contributed by atoms with Gasteiger partial charge < -0.3 is 9.15 Å². The van der Waals surface area contributed by atoms with Crippen molar-refractivity contribution in [2.45, 2.75) is 27.0 Å². The van der Waals surface area contributed by atoms with Crippen LogP contribution in [0, 0.1) is 0 Å². The van der Waals surface area contributed by atoms with E-state index in [9.17, 15) is 0 Å². The van der Waals surface area contributed by atoms with Gasteiger partial charge in [0.25, 0.3) is 0 Å². The lowest BCUT2D eigenvalue weighted by molar-refractivity contribution is 0.0481. The summed E-state index contributed by atoms with van der Waals surface area (Å²) in [7, 11) is 0. The third kappa shape index (κ3) is 5.15. The lowest BCUT2D eigenvalue weighted by Gasteiger charge is -2.26. The SMILES string of the molecule is CCN(CC)C(C)Oc1ccccc1.c1ccc2occc2c1. The molecule has 0 aliphatic carbocycles. The van der Waals surface area contributed by atoms with E-state index in [1.807, 2.05) is 60.7 Å². The van der Waals surface area contributed by atoms with Gasteiger partial charge in [0.05, 0.1) is 6.26 Å². The quantitative estimate of drug-likeness (QED) is 0.607. The lowest BCUT2D eigenvalue weighted by atomic mass is 10.3. The number of furan rings is 1. The highest BCUT2D eigenvalue weighted by Crippen LogP contribution is 2.13. The molecule has 0 spiro atoms. The zero-order valence-electron chi connectivity index (χ0n) is 14.1. The Morgan fingerprint density at radius 1 is 0.913 bits per heavy atom. The van der Waals surface area contributed by atoms with E-state index >= 15 is 0 Å². The van der Waals surface area contributed by atoms with E-state index in [2.05, 4.69) is 25.7 Å². The third-order valence-corrected chi connectivity index (χ3v) is 3.74. The Balaban J connectivity index is 0.000000182. The fraction of sp³-hybridized carbons (Fsp3) is 0.300. The first-order valence-corrected chi connectivity index (χ1v) is 8.12. The van der Waals surface area contributed by atoms with Crippen LogP contribution in [0.5, 0.6) is 5.75 Å². The Morgan fingerprint density at radius 3 is 2.22 bits per heavy atom. The molecular formula is C20H25NO2. The van der Waals surface area contributed by atoms with Gasteiger partial charge in [0, 0.05) is 5.39 Å². The molecule has 2 aromatic carbocycles. The first kappa shape index (κ1) is 17.1. The number of fused-ring (bicyclic) bond motifs is 1. The van der Waals surface area contributed by atoms with Gasteiger partial charge in [-0.1, -0.05) is 50.2 Å². The van der Waals surface area contributed by atoms with E-state index < -0.39 is 0 Å². The van der Waals surface area contributed by atoms with Gasteiger partial charge in [-0.05, 0) is 44.3 Å². The summed E-state index contributed by atoms with van der Waals surface area (Å²) in [5.74, 6) is 0.937. The van der Waals surface area contributed by atoms with Gasteiger partial charge in [0.1, 0.15) is 17.6 Å². The molecule has 23 heavy (non-hydrogen) atoms. The van der Waals surface area contributed by atoms with Gasteiger partial charge in [0.2, 0.25) is 0 Å². The van der Waals surface area contributed by atoms with Gasteiger partial charge >= 0.3 is 0 Å². The molecular weight excluding hydrogens is 286 g/mol. The van der Waals surface area contributed by atoms with Crippen LogP contribution in [0.2, 0.25) is 0 Å². The van der Waals surface area contributed by atoms with Crippen molar-refractivity contribution in [3.63, 3.8) is 0 Å². The van der Waals surface area contributed by atoms with Gasteiger partial charge in [0.15, 0.2) is 0 Å². The Morgan fingerprint density at radius 2 is 1.57 bits per heavy atom. The number of para-hydroxylation sites is 2. The molecule has 0 N–H and O–H groups in total. The van der Waals surface area contributed by atoms with Crippen LogP contribution in [0.3, 0.4) is 0 Å². The van der Waals surface area contributed by atoms with Crippen molar-refractivity contribution in [1.82, 2.24) is 4.90 Å². The van der Waals surface area contributed by atoms with Crippen molar-refractivity contribution in [3.05, 3.63) is 66.9 Å². The summed E-state index contributed by atoms with van der Waals surface area (Å²) in [5.41, 5.74) is 0.956. The molecule has 1 heterocycles. The zero-order valence-corrected chi connectivity index (χ0v) is 14.1. The molecule has 1 atom stereocenters. The lowest BCUT2D eigenvalue weighted by Crippen LogP contribution is -2.36. The van der Waals surface area contributed by atoms with Gasteiger partial charge in [-0.3, -0.25) is 4.90 Å². The first-order chi connectivity index (χ1) is 11.2. The third-order valence-electron chi connectivity index (χ3n) is 3.74. The van der Waals surface area contributed by atoms with E-state index in [1.165, 1.54) is 0 Å². The highest BCUT2D eigenvalue weighted by molar-refractivity contribution is 5.76. The molecule has 3 rings (SSSR count). The Labute approximate surface area is 138 Å². The standard InChI is InChI=1S/C12H19NO.C8H6O/c1-4-13(5-2)11(3)14-12-9-7-6-8-10-12;1-2-4-8-7(3-1)5-6-9-8/h6-11H,4-5H2,1-3H3;1-6H. The molecule has 0 aliphatic rings. The van der Waals surface area contributed by atoms with Gasteiger partial charge in [-0.2, -0.15) is 0 Å². The molecule has 3 heteroatoms. The molecule has 3 aromatic rings. The highest BCUT2D eigenvalue weighted by Gasteiger charge is 2.10. The highest BCUT2D eigenvalue weighted by atomic mass is 16.5. The summed E-state index contributed by atoms with van der Waals surface area (Å²) in [6.45, 7) is 8.41. The Hall–Kier alpha value is -2.26. The monoisotopic (exact) mass is 311 g/mol. The van der Waals surface area contributed by atoms with E-state index in [4.69, 9.17) is 9.15 Å². The van der Waals surface area contributed by atoms with Crippen molar-refractivity contribution in [2.75, 3.05) is 13.1 Å². The molecule has 0 amide bonds. The molecule has 0 bridgehead atoms. The van der Waals surface area contributed by atoms with Gasteiger partial charge in [-0.15, -0.1) is 0 Å². The second-order valence-corrected chi connectivity index (χ2v) is 5.21. The summed E-state index contributed by atoms with van der Waals surface area (Å²) < 4.78 is 10.9. The van der Waals surface area contributed by atoms with Gasteiger partial charge in [-0.25, -0.2) is 0 Å². The van der Waals surface area contributed by atoms with Crippen LogP contribution in [0.1, 0.15) is 20.8 Å². The minimum Gasteiger partial charge on any atom is -0.475 e. The molecule has 0 aliphatic heterocycles. The number of nitrogens with zero attached hydrogens (tertiary/aromatic N) is 1. The number of ether oxygens (including phenoxy) is 1. The topological polar surface area (TPSA) is 25.6 Å². The second kappa shape index (κ2) is 9.01. The molecule has 1 aromatic heterocycles. The number of hydrogen-bond acceptors (Lipinski definition) is 3. The molecule has 1 unspecified atom stereocenters. The minimum atomic E-state index is 0.146. The maximum atomic E-state index is 5.78. The van der Waals surface area contributed by atoms with Crippen LogP contribution >= 0.6 is 0 Å². The Kier molecular flexibility index (Phi) is 6.70. The van der Waals surface area contributed by atoms with E-state index in [-0.39, 0.29) is 6.23 Å². The summed E-state index contributed by atoms with van der Waals surface area (Å²) in [6, 6.07) is 19.8. The largest absolute Gasteiger partial charge is 0.475 e. The van der Waals surface area contributed by atoms with Crippen LogP contribution < -0.4 is 4.74 Å². The predicted octanol–water partition coefficient (Wildman–Crippen LogP) is 5.19. The number of rotatable bonds is 5. The normalized spacial score (nSPS) is 11.8. The zero-order chi connectivity index (χ0) is 16.5. The summed E-state index contributed by atoms with van der Waals surface area (Å²) >= 11 is 0. The molecule has 0 saturated heterocycles.